The number of carbonyl (C=O) groups is 2. The number of ether oxygens (including phenoxy) is 1. The van der Waals surface area contributed by atoms with Gasteiger partial charge >= 0.3 is 0 Å². The molecule has 0 aliphatic carbocycles. The molecule has 1 aromatic rings. The fraction of sp³-hybridized carbons (Fsp3) is 0.412. The fourth-order valence-electron chi connectivity index (χ4n) is 2.97. The van der Waals surface area contributed by atoms with Crippen LogP contribution in [0.3, 0.4) is 0 Å². The minimum Gasteiger partial charge on any atom is -0.494 e. The number of hydrogen-bond acceptors (Lipinski definition) is 4. The molecule has 0 unspecified atom stereocenters. The van der Waals surface area contributed by atoms with Crippen LogP contribution >= 0.6 is 11.6 Å². The Labute approximate surface area is 146 Å². The summed E-state index contributed by atoms with van der Waals surface area (Å²) >= 11 is 6.21. The van der Waals surface area contributed by atoms with Gasteiger partial charge in [0.1, 0.15) is 16.5 Å². The predicted octanol–water partition coefficient (Wildman–Crippen LogP) is 0.239. The van der Waals surface area contributed by atoms with Crippen molar-refractivity contribution in [2.45, 2.75) is 6.92 Å². The molecule has 1 aromatic carbocycles. The summed E-state index contributed by atoms with van der Waals surface area (Å²) in [6.45, 7) is 5.72. The van der Waals surface area contributed by atoms with E-state index in [4.69, 9.17) is 16.3 Å². The van der Waals surface area contributed by atoms with Crippen molar-refractivity contribution in [3.05, 3.63) is 35.0 Å². The van der Waals surface area contributed by atoms with Crippen molar-refractivity contribution in [2.75, 3.05) is 44.7 Å². The molecule has 6 nitrogen and oxygen atoms in total. The highest BCUT2D eigenvalue weighted by Crippen LogP contribution is 2.31. The molecule has 0 aromatic heterocycles. The van der Waals surface area contributed by atoms with E-state index in [0.29, 0.717) is 36.8 Å². The molecule has 128 valence electrons. The number of quaternary nitrogens is 1. The van der Waals surface area contributed by atoms with Crippen molar-refractivity contribution in [3.63, 3.8) is 0 Å². The second-order valence-corrected chi connectivity index (χ2v) is 6.36. The molecule has 2 amide bonds. The lowest BCUT2D eigenvalue weighted by Crippen LogP contribution is -3.11. The van der Waals surface area contributed by atoms with E-state index < -0.39 is 5.91 Å². The number of piperazine rings is 1. The summed E-state index contributed by atoms with van der Waals surface area (Å²) < 4.78 is 5.39. The van der Waals surface area contributed by atoms with Gasteiger partial charge in [0.05, 0.1) is 45.5 Å². The summed E-state index contributed by atoms with van der Waals surface area (Å²) in [6, 6.07) is 6.87. The maximum Gasteiger partial charge on any atom is 0.283 e. The number of nitrogens with one attached hydrogen (secondary N) is 1. The molecule has 0 bridgehead atoms. The van der Waals surface area contributed by atoms with Crippen molar-refractivity contribution in [3.8, 4) is 5.75 Å². The lowest BCUT2D eigenvalue weighted by Gasteiger charge is -2.31. The fourth-order valence-corrected chi connectivity index (χ4v) is 3.26. The molecule has 1 saturated heterocycles. The second-order valence-electron chi connectivity index (χ2n) is 5.98. The number of anilines is 1. The maximum absolute atomic E-state index is 12.8. The molecule has 1 N–H and O–H groups in total. The highest BCUT2D eigenvalue weighted by atomic mass is 35.5. The zero-order valence-electron chi connectivity index (χ0n) is 13.8. The van der Waals surface area contributed by atoms with E-state index in [9.17, 15) is 9.59 Å². The minimum absolute atomic E-state index is 0.00781. The quantitative estimate of drug-likeness (QED) is 0.790. The smallest absolute Gasteiger partial charge is 0.283 e. The normalized spacial score (nSPS) is 19.5. The first-order valence-corrected chi connectivity index (χ1v) is 8.48. The van der Waals surface area contributed by atoms with Gasteiger partial charge in [0.15, 0.2) is 0 Å². The Morgan fingerprint density at radius 2 is 1.75 bits per heavy atom. The van der Waals surface area contributed by atoms with Crippen molar-refractivity contribution in [2.24, 2.45) is 0 Å². The number of amides is 2. The average Bonchev–Trinajstić information content (AvgIpc) is 2.80. The molecule has 0 radical (unpaired) electrons. The summed E-state index contributed by atoms with van der Waals surface area (Å²) in [5.74, 6) is -0.123. The number of nitrogens with zero attached hydrogens (tertiary/aromatic N) is 2. The predicted molar refractivity (Wildman–Crippen MR) is 91.2 cm³/mol. The molecule has 0 spiro atoms. The van der Waals surface area contributed by atoms with Gasteiger partial charge < -0.3 is 14.5 Å². The third-order valence-corrected chi connectivity index (χ3v) is 4.68. The highest BCUT2D eigenvalue weighted by Gasteiger charge is 2.42. The average molecular weight is 351 g/mol. The number of carbonyl (C=O) groups excluding carboxylic acids is 2. The SMILES string of the molecule is CCOc1ccc(N2C(=O)C(Cl)=C(N3CC[NH+](C)CC3)C2=O)cc1. The first-order chi connectivity index (χ1) is 11.5. The van der Waals surface area contributed by atoms with E-state index >= 15 is 0 Å². The highest BCUT2D eigenvalue weighted by molar-refractivity contribution is 6.52. The van der Waals surface area contributed by atoms with Crippen LogP contribution in [0.4, 0.5) is 5.69 Å². The molecule has 0 atom stereocenters. The topological polar surface area (TPSA) is 54.3 Å². The molecule has 0 saturated carbocycles. The third kappa shape index (κ3) is 2.99. The molecule has 7 heteroatoms. The Morgan fingerprint density at radius 3 is 2.33 bits per heavy atom. The van der Waals surface area contributed by atoms with E-state index in [-0.39, 0.29) is 10.9 Å². The van der Waals surface area contributed by atoms with Crippen LogP contribution in [0.2, 0.25) is 0 Å². The Balaban J connectivity index is 1.82. The molecular weight excluding hydrogens is 330 g/mol. The zero-order chi connectivity index (χ0) is 17.3. The van der Waals surface area contributed by atoms with Crippen molar-refractivity contribution in [1.82, 2.24) is 4.90 Å². The van der Waals surface area contributed by atoms with Gasteiger partial charge in [-0.15, -0.1) is 0 Å². The Kier molecular flexibility index (Phi) is 4.78. The van der Waals surface area contributed by atoms with E-state index in [1.165, 1.54) is 4.90 Å². The summed E-state index contributed by atoms with van der Waals surface area (Å²) in [5, 5.41) is 0.00781. The number of benzene rings is 1. The standard InChI is InChI=1S/C17H20ClN3O3/c1-3-24-13-6-4-12(5-7-13)21-16(22)14(18)15(17(21)23)20-10-8-19(2)9-11-20/h4-7H,3,8-11H2,1-2H3/p+1. The summed E-state index contributed by atoms with van der Waals surface area (Å²) in [7, 11) is 2.11. The Morgan fingerprint density at radius 1 is 1.12 bits per heavy atom. The van der Waals surface area contributed by atoms with Crippen LogP contribution in [-0.4, -0.2) is 56.5 Å². The number of hydrogen-bond donors (Lipinski definition) is 1. The first kappa shape index (κ1) is 16.8. The largest absolute Gasteiger partial charge is 0.494 e. The van der Waals surface area contributed by atoms with Crippen LogP contribution < -0.4 is 14.5 Å². The van der Waals surface area contributed by atoms with E-state index in [1.807, 2.05) is 11.8 Å². The minimum atomic E-state index is -0.466. The molecular formula is C17H21ClN3O3+. The van der Waals surface area contributed by atoms with Crippen molar-refractivity contribution >= 4 is 29.1 Å². The van der Waals surface area contributed by atoms with E-state index in [2.05, 4.69) is 7.05 Å². The molecule has 2 aliphatic rings. The van der Waals surface area contributed by atoms with Gasteiger partial charge in [0, 0.05) is 0 Å². The number of likely N-dealkylation sites (N-methyl/N-ethyl adjacent to an activating group) is 1. The van der Waals surface area contributed by atoms with Crippen LogP contribution in [-0.2, 0) is 9.59 Å². The van der Waals surface area contributed by atoms with Crippen LogP contribution in [0.1, 0.15) is 6.92 Å². The molecule has 2 heterocycles. The molecule has 1 fully saturated rings. The zero-order valence-corrected chi connectivity index (χ0v) is 14.6. The van der Waals surface area contributed by atoms with Gasteiger partial charge in [-0.25, -0.2) is 4.90 Å². The lowest BCUT2D eigenvalue weighted by molar-refractivity contribution is -0.883. The number of halogens is 1. The lowest BCUT2D eigenvalue weighted by atomic mass is 10.2. The number of rotatable bonds is 4. The maximum atomic E-state index is 12.8. The molecule has 2 aliphatic heterocycles. The molecule has 3 rings (SSSR count). The Hall–Kier alpha value is -2.05. The van der Waals surface area contributed by atoms with E-state index in [0.717, 1.165) is 18.0 Å². The van der Waals surface area contributed by atoms with Gasteiger partial charge in [0.25, 0.3) is 11.8 Å². The summed E-state index contributed by atoms with van der Waals surface area (Å²) in [5.41, 5.74) is 0.824. The molecule has 24 heavy (non-hydrogen) atoms. The first-order valence-electron chi connectivity index (χ1n) is 8.10. The van der Waals surface area contributed by atoms with Crippen LogP contribution in [0.5, 0.6) is 5.75 Å². The summed E-state index contributed by atoms with van der Waals surface area (Å²) in [6.07, 6.45) is 0. The van der Waals surface area contributed by atoms with Crippen LogP contribution in [0.15, 0.2) is 35.0 Å². The second kappa shape index (κ2) is 6.83. The van der Waals surface area contributed by atoms with Gasteiger partial charge in [-0.2, -0.15) is 0 Å². The van der Waals surface area contributed by atoms with Gasteiger partial charge in [0.2, 0.25) is 0 Å². The monoisotopic (exact) mass is 350 g/mol. The van der Waals surface area contributed by atoms with Crippen LogP contribution in [0.25, 0.3) is 0 Å². The third-order valence-electron chi connectivity index (χ3n) is 4.34. The van der Waals surface area contributed by atoms with Crippen LogP contribution in [0, 0.1) is 0 Å². The van der Waals surface area contributed by atoms with Gasteiger partial charge in [-0.05, 0) is 31.2 Å². The Bertz CT molecular complexity index is 679. The van der Waals surface area contributed by atoms with Crippen molar-refractivity contribution in [1.29, 1.82) is 0 Å². The summed E-state index contributed by atoms with van der Waals surface area (Å²) in [4.78, 5) is 29.8. The number of imide groups is 1. The van der Waals surface area contributed by atoms with E-state index in [1.54, 1.807) is 24.3 Å². The van der Waals surface area contributed by atoms with Crippen molar-refractivity contribution < 1.29 is 19.2 Å². The van der Waals surface area contributed by atoms with Gasteiger partial charge in [-0.3, -0.25) is 9.59 Å². The van der Waals surface area contributed by atoms with Gasteiger partial charge in [-0.1, -0.05) is 11.6 Å².